The Hall–Kier alpha value is -2.84. The van der Waals surface area contributed by atoms with Crippen LogP contribution in [0.5, 0.6) is 5.75 Å². The SMILES string of the molecule is N#Cc1ccc(OC[C@H]2CN3Cc4ccccc4C[C@@H]3C(=O)O2)cc1. The van der Waals surface area contributed by atoms with Crippen molar-refractivity contribution in [2.45, 2.75) is 25.1 Å². The molecule has 0 amide bonds. The molecule has 2 aliphatic rings. The summed E-state index contributed by atoms with van der Waals surface area (Å²) in [6.07, 6.45) is 0.419. The summed E-state index contributed by atoms with van der Waals surface area (Å²) in [7, 11) is 0. The van der Waals surface area contributed by atoms with Gasteiger partial charge in [0.25, 0.3) is 0 Å². The van der Waals surface area contributed by atoms with Crippen molar-refractivity contribution in [2.24, 2.45) is 0 Å². The molecule has 0 spiro atoms. The average Bonchev–Trinajstić information content (AvgIpc) is 2.65. The van der Waals surface area contributed by atoms with Crippen LogP contribution in [-0.4, -0.2) is 36.2 Å². The lowest BCUT2D eigenvalue weighted by atomic mass is 9.93. The van der Waals surface area contributed by atoms with Crippen LogP contribution < -0.4 is 4.74 Å². The Morgan fingerprint density at radius 2 is 1.92 bits per heavy atom. The summed E-state index contributed by atoms with van der Waals surface area (Å²) in [6, 6.07) is 17.0. The van der Waals surface area contributed by atoms with E-state index in [1.807, 2.05) is 12.1 Å². The van der Waals surface area contributed by atoms with Crippen molar-refractivity contribution < 1.29 is 14.3 Å². The van der Waals surface area contributed by atoms with E-state index in [9.17, 15) is 4.79 Å². The number of ether oxygens (including phenoxy) is 2. The van der Waals surface area contributed by atoms with Gasteiger partial charge in [-0.05, 0) is 41.8 Å². The van der Waals surface area contributed by atoms with E-state index in [0.717, 1.165) is 6.54 Å². The highest BCUT2D eigenvalue weighted by Crippen LogP contribution is 2.27. The van der Waals surface area contributed by atoms with Crippen molar-refractivity contribution in [1.29, 1.82) is 5.26 Å². The Morgan fingerprint density at radius 3 is 2.68 bits per heavy atom. The van der Waals surface area contributed by atoms with Crippen LogP contribution in [0.15, 0.2) is 48.5 Å². The van der Waals surface area contributed by atoms with Gasteiger partial charge in [-0.3, -0.25) is 9.69 Å². The monoisotopic (exact) mass is 334 g/mol. The molecule has 2 aromatic rings. The maximum atomic E-state index is 12.4. The summed E-state index contributed by atoms with van der Waals surface area (Å²) in [5.74, 6) is 0.496. The van der Waals surface area contributed by atoms with Crippen LogP contribution in [0.3, 0.4) is 0 Å². The van der Waals surface area contributed by atoms with Gasteiger partial charge in [0.05, 0.1) is 11.6 Å². The highest BCUT2D eigenvalue weighted by molar-refractivity contribution is 5.77. The standard InChI is InChI=1S/C20H18N2O3/c21-10-14-5-7-17(8-6-14)24-13-18-12-22-11-16-4-2-1-3-15(16)9-19(22)20(23)25-18/h1-8,18-19H,9,11-13H2/t18-,19-/m1/s1. The molecular formula is C20H18N2O3. The Balaban J connectivity index is 1.41. The van der Waals surface area contributed by atoms with Crippen LogP contribution >= 0.6 is 0 Å². The van der Waals surface area contributed by atoms with Gasteiger partial charge < -0.3 is 9.47 Å². The van der Waals surface area contributed by atoms with Crippen molar-refractivity contribution >= 4 is 5.97 Å². The number of nitrogens with zero attached hydrogens (tertiary/aromatic N) is 2. The maximum absolute atomic E-state index is 12.4. The minimum absolute atomic E-state index is 0.172. The second-order valence-corrected chi connectivity index (χ2v) is 6.42. The van der Waals surface area contributed by atoms with Gasteiger partial charge in [-0.1, -0.05) is 24.3 Å². The lowest BCUT2D eigenvalue weighted by molar-refractivity contribution is -0.169. The van der Waals surface area contributed by atoms with Crippen LogP contribution in [0.4, 0.5) is 0 Å². The molecule has 5 nitrogen and oxygen atoms in total. The summed E-state index contributed by atoms with van der Waals surface area (Å²) in [5.41, 5.74) is 3.10. The van der Waals surface area contributed by atoms with Crippen LogP contribution in [0.2, 0.25) is 0 Å². The van der Waals surface area contributed by atoms with E-state index in [1.54, 1.807) is 24.3 Å². The van der Waals surface area contributed by atoms with Gasteiger partial charge in [-0.2, -0.15) is 5.26 Å². The minimum Gasteiger partial charge on any atom is -0.490 e. The Kier molecular flexibility index (Phi) is 4.12. The summed E-state index contributed by atoms with van der Waals surface area (Å²) in [6.45, 7) is 1.74. The molecule has 2 aliphatic heterocycles. The quantitative estimate of drug-likeness (QED) is 0.806. The molecule has 0 aliphatic carbocycles. The van der Waals surface area contributed by atoms with E-state index in [4.69, 9.17) is 14.7 Å². The first-order valence-corrected chi connectivity index (χ1v) is 8.37. The lowest BCUT2D eigenvalue weighted by Gasteiger charge is -2.41. The molecule has 0 radical (unpaired) electrons. The topological polar surface area (TPSA) is 62.6 Å². The summed E-state index contributed by atoms with van der Waals surface area (Å²) in [4.78, 5) is 14.6. The fraction of sp³-hybridized carbons (Fsp3) is 0.300. The van der Waals surface area contributed by atoms with Gasteiger partial charge in [0.15, 0.2) is 0 Å². The molecule has 2 heterocycles. The normalized spacial score (nSPS) is 22.3. The van der Waals surface area contributed by atoms with E-state index in [-0.39, 0.29) is 18.1 Å². The summed E-state index contributed by atoms with van der Waals surface area (Å²) < 4.78 is 11.3. The van der Waals surface area contributed by atoms with Gasteiger partial charge >= 0.3 is 5.97 Å². The zero-order chi connectivity index (χ0) is 17.2. The molecule has 1 saturated heterocycles. The van der Waals surface area contributed by atoms with Gasteiger partial charge in [0.2, 0.25) is 0 Å². The third-order valence-electron chi connectivity index (χ3n) is 4.76. The number of fused-ring (bicyclic) bond motifs is 2. The third-order valence-corrected chi connectivity index (χ3v) is 4.76. The minimum atomic E-state index is -0.287. The molecule has 0 N–H and O–H groups in total. The number of nitriles is 1. The molecular weight excluding hydrogens is 316 g/mol. The van der Waals surface area contributed by atoms with Crippen LogP contribution in [-0.2, 0) is 22.5 Å². The van der Waals surface area contributed by atoms with Gasteiger partial charge in [-0.25, -0.2) is 0 Å². The first-order valence-electron chi connectivity index (χ1n) is 8.37. The number of carbonyl (C=O) groups excluding carboxylic acids is 1. The van der Waals surface area contributed by atoms with E-state index < -0.39 is 0 Å². The maximum Gasteiger partial charge on any atom is 0.324 e. The molecule has 126 valence electrons. The number of rotatable bonds is 3. The van der Waals surface area contributed by atoms with Gasteiger partial charge in [0, 0.05) is 13.1 Å². The van der Waals surface area contributed by atoms with E-state index in [2.05, 4.69) is 23.1 Å². The number of morpholine rings is 1. The average molecular weight is 334 g/mol. The molecule has 1 fully saturated rings. The highest BCUT2D eigenvalue weighted by Gasteiger charge is 2.39. The predicted molar refractivity (Wildman–Crippen MR) is 90.9 cm³/mol. The molecule has 4 rings (SSSR count). The number of benzene rings is 2. The predicted octanol–water partition coefficient (Wildman–Crippen LogP) is 2.29. The Labute approximate surface area is 146 Å². The fourth-order valence-corrected chi connectivity index (χ4v) is 3.44. The number of hydrogen-bond donors (Lipinski definition) is 0. The first kappa shape index (κ1) is 15.7. The number of esters is 1. The molecule has 0 saturated carbocycles. The van der Waals surface area contributed by atoms with E-state index in [0.29, 0.717) is 30.9 Å². The molecule has 25 heavy (non-hydrogen) atoms. The summed E-state index contributed by atoms with van der Waals surface area (Å²) >= 11 is 0. The molecule has 0 bridgehead atoms. The largest absolute Gasteiger partial charge is 0.490 e. The number of cyclic esters (lactones) is 1. The molecule has 2 aromatic carbocycles. The molecule has 5 heteroatoms. The number of hydrogen-bond acceptors (Lipinski definition) is 5. The van der Waals surface area contributed by atoms with Crippen molar-refractivity contribution in [1.82, 2.24) is 4.90 Å². The molecule has 2 atom stereocenters. The second-order valence-electron chi connectivity index (χ2n) is 6.42. The Bertz CT molecular complexity index is 826. The lowest BCUT2D eigenvalue weighted by Crippen LogP contribution is -2.56. The number of carbonyl (C=O) groups is 1. The molecule has 0 aromatic heterocycles. The third kappa shape index (κ3) is 3.21. The fourth-order valence-electron chi connectivity index (χ4n) is 3.44. The van der Waals surface area contributed by atoms with Crippen molar-refractivity contribution in [3.8, 4) is 11.8 Å². The first-order chi connectivity index (χ1) is 12.2. The zero-order valence-electron chi connectivity index (χ0n) is 13.7. The highest BCUT2D eigenvalue weighted by atomic mass is 16.6. The zero-order valence-corrected chi connectivity index (χ0v) is 13.7. The van der Waals surface area contributed by atoms with E-state index >= 15 is 0 Å². The summed E-state index contributed by atoms with van der Waals surface area (Å²) in [5, 5.41) is 8.82. The van der Waals surface area contributed by atoms with Crippen LogP contribution in [0.1, 0.15) is 16.7 Å². The smallest absolute Gasteiger partial charge is 0.324 e. The van der Waals surface area contributed by atoms with E-state index in [1.165, 1.54) is 11.1 Å². The van der Waals surface area contributed by atoms with Gasteiger partial charge in [0.1, 0.15) is 24.5 Å². The van der Waals surface area contributed by atoms with Crippen molar-refractivity contribution in [3.05, 3.63) is 65.2 Å². The van der Waals surface area contributed by atoms with Gasteiger partial charge in [-0.15, -0.1) is 0 Å². The Morgan fingerprint density at radius 1 is 1.16 bits per heavy atom. The van der Waals surface area contributed by atoms with Crippen LogP contribution in [0, 0.1) is 11.3 Å². The van der Waals surface area contributed by atoms with Crippen molar-refractivity contribution in [3.63, 3.8) is 0 Å². The molecule has 0 unspecified atom stereocenters. The van der Waals surface area contributed by atoms with Crippen LogP contribution in [0.25, 0.3) is 0 Å². The second kappa shape index (κ2) is 6.58. The van der Waals surface area contributed by atoms with Crippen molar-refractivity contribution in [2.75, 3.05) is 13.2 Å².